The van der Waals surface area contributed by atoms with Crippen LogP contribution in [0.1, 0.15) is 12.8 Å². The molecule has 1 fully saturated rings. The van der Waals surface area contributed by atoms with Gasteiger partial charge in [0.25, 0.3) is 0 Å². The minimum Gasteiger partial charge on any atom is -0.396 e. The van der Waals surface area contributed by atoms with Crippen LogP contribution in [-0.2, 0) is 4.74 Å². The van der Waals surface area contributed by atoms with Crippen molar-refractivity contribution in [3.63, 3.8) is 0 Å². The first-order valence-corrected chi connectivity index (χ1v) is 5.27. The van der Waals surface area contributed by atoms with Gasteiger partial charge in [0.2, 0.25) is 0 Å². The van der Waals surface area contributed by atoms with E-state index in [0.717, 1.165) is 12.8 Å². The molecule has 2 rings (SSSR count). The summed E-state index contributed by atoms with van der Waals surface area (Å²) in [6.45, 7) is 0. The van der Waals surface area contributed by atoms with Gasteiger partial charge in [-0.2, -0.15) is 0 Å². The second-order valence-electron chi connectivity index (χ2n) is 3.76. The van der Waals surface area contributed by atoms with E-state index in [1.807, 2.05) is 0 Å². The van der Waals surface area contributed by atoms with E-state index < -0.39 is 0 Å². The smallest absolute Gasteiger partial charge is 0.149 e. The van der Waals surface area contributed by atoms with E-state index in [4.69, 9.17) is 22.1 Å². The zero-order valence-electron chi connectivity index (χ0n) is 8.53. The molecule has 0 radical (unpaired) electrons. The molecule has 0 unspecified atom stereocenters. The number of nitrogen functional groups attached to an aromatic ring is 1. The van der Waals surface area contributed by atoms with Crippen molar-refractivity contribution in [2.75, 3.05) is 18.2 Å². The second-order valence-corrected chi connectivity index (χ2v) is 4.20. The Bertz CT molecular complexity index is 353. The highest BCUT2D eigenvalue weighted by Gasteiger charge is 2.29. The van der Waals surface area contributed by atoms with Gasteiger partial charge in [-0.3, -0.25) is 0 Å². The Morgan fingerprint density at radius 1 is 1.60 bits per heavy atom. The van der Waals surface area contributed by atoms with E-state index >= 15 is 0 Å². The van der Waals surface area contributed by atoms with E-state index in [1.54, 1.807) is 19.4 Å². The zero-order chi connectivity index (χ0) is 10.8. The first-order chi connectivity index (χ1) is 7.19. The average molecular weight is 228 g/mol. The number of methoxy groups -OCH3 is 1. The highest BCUT2D eigenvalue weighted by Crippen LogP contribution is 2.28. The van der Waals surface area contributed by atoms with Crippen LogP contribution in [0.5, 0.6) is 0 Å². The molecule has 0 spiro atoms. The summed E-state index contributed by atoms with van der Waals surface area (Å²) in [6, 6.07) is 2.11. The summed E-state index contributed by atoms with van der Waals surface area (Å²) < 4.78 is 5.19. The third-order valence-electron chi connectivity index (χ3n) is 2.65. The molecule has 0 aliphatic heterocycles. The Morgan fingerprint density at radius 2 is 2.33 bits per heavy atom. The summed E-state index contributed by atoms with van der Waals surface area (Å²) in [5.74, 6) is 0.707. The molecule has 1 saturated carbocycles. The lowest BCUT2D eigenvalue weighted by atomic mass is 9.89. The third-order valence-corrected chi connectivity index (χ3v) is 2.86. The average Bonchev–Trinajstić information content (AvgIpc) is 2.13. The lowest BCUT2D eigenvalue weighted by molar-refractivity contribution is 0.0328. The van der Waals surface area contributed by atoms with E-state index in [2.05, 4.69) is 10.3 Å². The molecule has 4 nitrogen and oxygen atoms in total. The number of ether oxygens (including phenoxy) is 1. The molecule has 1 heterocycles. The molecule has 0 aromatic carbocycles. The molecule has 0 atom stereocenters. The van der Waals surface area contributed by atoms with Gasteiger partial charge in [0.05, 0.1) is 16.8 Å². The number of nitrogens with zero attached hydrogens (tertiary/aromatic N) is 1. The highest BCUT2D eigenvalue weighted by molar-refractivity contribution is 6.30. The molecule has 3 N–H and O–H groups in total. The number of hydrogen-bond donors (Lipinski definition) is 2. The van der Waals surface area contributed by atoms with Crippen molar-refractivity contribution in [3.05, 3.63) is 17.3 Å². The summed E-state index contributed by atoms with van der Waals surface area (Å²) in [5, 5.41) is 3.82. The van der Waals surface area contributed by atoms with Gasteiger partial charge in [-0.05, 0) is 18.9 Å². The predicted octanol–water partition coefficient (Wildman–Crippen LogP) is 1.91. The topological polar surface area (TPSA) is 60.2 Å². The number of halogens is 1. The molecule has 82 valence electrons. The fraction of sp³-hybridized carbons (Fsp3) is 0.500. The first-order valence-electron chi connectivity index (χ1n) is 4.89. The van der Waals surface area contributed by atoms with Crippen LogP contribution in [0.15, 0.2) is 12.3 Å². The number of rotatable bonds is 3. The Hall–Kier alpha value is -1.00. The maximum atomic E-state index is 5.77. The molecule has 0 bridgehead atoms. The lowest BCUT2D eigenvalue weighted by Gasteiger charge is -2.35. The molecule has 1 aromatic heterocycles. The van der Waals surface area contributed by atoms with Crippen molar-refractivity contribution in [3.8, 4) is 0 Å². The van der Waals surface area contributed by atoms with E-state index in [1.165, 1.54) is 0 Å². The summed E-state index contributed by atoms with van der Waals surface area (Å²) in [7, 11) is 1.73. The maximum Gasteiger partial charge on any atom is 0.149 e. The lowest BCUT2D eigenvalue weighted by Crippen LogP contribution is -2.40. The van der Waals surface area contributed by atoms with Crippen LogP contribution in [0, 0.1) is 0 Å². The van der Waals surface area contributed by atoms with Gasteiger partial charge in [0.1, 0.15) is 5.82 Å². The molecule has 15 heavy (non-hydrogen) atoms. The number of aromatic nitrogens is 1. The van der Waals surface area contributed by atoms with E-state index in [0.29, 0.717) is 28.7 Å². The van der Waals surface area contributed by atoms with Crippen LogP contribution >= 0.6 is 11.6 Å². The minimum atomic E-state index is 0.371. The molecule has 1 aromatic rings. The molecule has 1 aliphatic carbocycles. The number of nitrogens with one attached hydrogen (secondary N) is 1. The molecule has 0 saturated heterocycles. The van der Waals surface area contributed by atoms with Crippen LogP contribution < -0.4 is 11.1 Å². The summed E-state index contributed by atoms with van der Waals surface area (Å²) >= 11 is 5.76. The number of anilines is 2. The van der Waals surface area contributed by atoms with Gasteiger partial charge >= 0.3 is 0 Å². The van der Waals surface area contributed by atoms with Crippen molar-refractivity contribution in [1.29, 1.82) is 0 Å². The maximum absolute atomic E-state index is 5.77. The van der Waals surface area contributed by atoms with Crippen molar-refractivity contribution < 1.29 is 4.74 Å². The largest absolute Gasteiger partial charge is 0.396 e. The Morgan fingerprint density at radius 3 is 2.93 bits per heavy atom. The Kier molecular flexibility index (Phi) is 2.98. The normalized spacial score (nSPS) is 24.7. The fourth-order valence-corrected chi connectivity index (χ4v) is 1.81. The van der Waals surface area contributed by atoms with Crippen LogP contribution in [0.4, 0.5) is 11.5 Å². The van der Waals surface area contributed by atoms with Crippen LogP contribution in [-0.4, -0.2) is 24.2 Å². The van der Waals surface area contributed by atoms with Crippen molar-refractivity contribution in [2.24, 2.45) is 0 Å². The van der Waals surface area contributed by atoms with Gasteiger partial charge in [-0.25, -0.2) is 4.98 Å². The molecule has 5 heteroatoms. The zero-order valence-corrected chi connectivity index (χ0v) is 9.29. The van der Waals surface area contributed by atoms with Crippen LogP contribution in [0.2, 0.25) is 5.02 Å². The Labute approximate surface area is 93.8 Å². The monoisotopic (exact) mass is 227 g/mol. The van der Waals surface area contributed by atoms with Crippen LogP contribution in [0.3, 0.4) is 0 Å². The minimum absolute atomic E-state index is 0.371. The number of hydrogen-bond acceptors (Lipinski definition) is 4. The van der Waals surface area contributed by atoms with Crippen LogP contribution in [0.25, 0.3) is 0 Å². The van der Waals surface area contributed by atoms with Crippen molar-refractivity contribution in [2.45, 2.75) is 25.0 Å². The van der Waals surface area contributed by atoms with Gasteiger partial charge < -0.3 is 15.8 Å². The van der Waals surface area contributed by atoms with Crippen molar-refractivity contribution >= 4 is 23.1 Å². The molecule has 0 amide bonds. The molecular weight excluding hydrogens is 214 g/mol. The molecular formula is C10H14ClN3O. The summed E-state index contributed by atoms with van der Waals surface area (Å²) in [4.78, 5) is 4.14. The predicted molar refractivity (Wildman–Crippen MR) is 61.1 cm³/mol. The third kappa shape index (κ3) is 2.33. The highest BCUT2D eigenvalue weighted by atomic mass is 35.5. The van der Waals surface area contributed by atoms with Gasteiger partial charge in [-0.15, -0.1) is 0 Å². The fourth-order valence-electron chi connectivity index (χ4n) is 1.64. The summed E-state index contributed by atoms with van der Waals surface area (Å²) in [6.07, 6.45) is 3.96. The Balaban J connectivity index is 1.94. The van der Waals surface area contributed by atoms with Gasteiger partial charge in [0.15, 0.2) is 0 Å². The number of nitrogens with two attached hydrogens (primary N) is 1. The van der Waals surface area contributed by atoms with Gasteiger partial charge in [0, 0.05) is 19.3 Å². The van der Waals surface area contributed by atoms with Gasteiger partial charge in [-0.1, -0.05) is 11.6 Å². The quantitative estimate of drug-likeness (QED) is 0.828. The standard InChI is InChI=1S/C10H14ClN3O/c1-15-8-3-7(4-8)14-10-9(12)2-6(11)5-13-10/h2,5,7-8H,3-4,12H2,1H3,(H,13,14). The second kappa shape index (κ2) is 4.24. The van der Waals surface area contributed by atoms with E-state index in [9.17, 15) is 0 Å². The van der Waals surface area contributed by atoms with E-state index in [-0.39, 0.29) is 0 Å². The first kappa shape index (κ1) is 10.5. The summed E-state index contributed by atoms with van der Waals surface area (Å²) in [5.41, 5.74) is 6.36. The van der Waals surface area contributed by atoms with Crippen molar-refractivity contribution in [1.82, 2.24) is 4.98 Å². The molecule has 1 aliphatic rings. The SMILES string of the molecule is COC1CC(Nc2ncc(Cl)cc2N)C1. The number of pyridine rings is 1.